The molecule has 0 saturated heterocycles. The number of carbonyl (C=O) groups excluding carboxylic acids is 1. The number of rotatable bonds is 4. The molecule has 0 radical (unpaired) electrons. The largest absolute Gasteiger partial charge is 0.455 e. The minimum Gasteiger partial charge on any atom is -0.455 e. The van der Waals surface area contributed by atoms with Crippen molar-refractivity contribution in [3.63, 3.8) is 0 Å². The van der Waals surface area contributed by atoms with Gasteiger partial charge in [0.2, 0.25) is 0 Å². The van der Waals surface area contributed by atoms with Gasteiger partial charge < -0.3 is 20.6 Å². The fourth-order valence-electron chi connectivity index (χ4n) is 1.02. The number of nitrogens with one attached hydrogen (secondary N) is 1. The first kappa shape index (κ1) is 11.7. The van der Waals surface area contributed by atoms with Crippen molar-refractivity contribution < 1.29 is 14.3 Å². The second kappa shape index (κ2) is 4.46. The van der Waals surface area contributed by atoms with E-state index in [9.17, 15) is 4.79 Å². The summed E-state index contributed by atoms with van der Waals surface area (Å²) >= 11 is 0. The van der Waals surface area contributed by atoms with Gasteiger partial charge in [-0.3, -0.25) is 4.79 Å². The van der Waals surface area contributed by atoms with E-state index in [2.05, 4.69) is 5.32 Å². The van der Waals surface area contributed by atoms with Gasteiger partial charge in [0.1, 0.15) is 5.76 Å². The molecule has 0 bridgehead atoms. The molecule has 0 atom stereocenters. The third kappa shape index (κ3) is 3.07. The Morgan fingerprint density at radius 3 is 2.73 bits per heavy atom. The fraction of sp³-hybridized carbons (Fsp3) is 0.500. The van der Waals surface area contributed by atoms with Crippen molar-refractivity contribution in [1.29, 1.82) is 0 Å². The topological polar surface area (TPSA) is 88.5 Å². The summed E-state index contributed by atoms with van der Waals surface area (Å²) in [6, 6.07) is 3.21. The Hall–Kier alpha value is -1.33. The van der Waals surface area contributed by atoms with E-state index in [1.807, 2.05) is 0 Å². The van der Waals surface area contributed by atoms with Crippen molar-refractivity contribution in [2.24, 2.45) is 5.73 Å². The Bertz CT molecular complexity index is 344. The van der Waals surface area contributed by atoms with Gasteiger partial charge in [0, 0.05) is 0 Å². The molecule has 4 N–H and O–H groups in total. The molecule has 0 saturated carbocycles. The maximum absolute atomic E-state index is 11.6. The van der Waals surface area contributed by atoms with Gasteiger partial charge >= 0.3 is 0 Å². The lowest BCUT2D eigenvalue weighted by atomic mass is 10.1. The SMILES string of the molecule is CC(C)(CO)NC(=O)c1ccc(CN)o1. The molecular formula is C10H16N2O3. The Morgan fingerprint density at radius 1 is 1.60 bits per heavy atom. The van der Waals surface area contributed by atoms with Crippen LogP contribution in [0.4, 0.5) is 0 Å². The Morgan fingerprint density at radius 2 is 2.27 bits per heavy atom. The summed E-state index contributed by atoms with van der Waals surface area (Å²) in [6.07, 6.45) is 0. The summed E-state index contributed by atoms with van der Waals surface area (Å²) in [5.74, 6) is 0.410. The second-order valence-electron chi connectivity index (χ2n) is 3.97. The lowest BCUT2D eigenvalue weighted by Crippen LogP contribution is -2.46. The van der Waals surface area contributed by atoms with Crippen molar-refractivity contribution in [2.45, 2.75) is 25.9 Å². The van der Waals surface area contributed by atoms with Crippen LogP contribution >= 0.6 is 0 Å². The van der Waals surface area contributed by atoms with Crippen molar-refractivity contribution in [3.05, 3.63) is 23.7 Å². The van der Waals surface area contributed by atoms with Gasteiger partial charge in [-0.1, -0.05) is 0 Å². The predicted molar refractivity (Wildman–Crippen MR) is 55.2 cm³/mol. The first-order valence-corrected chi connectivity index (χ1v) is 4.70. The zero-order valence-electron chi connectivity index (χ0n) is 8.91. The molecule has 0 fully saturated rings. The maximum Gasteiger partial charge on any atom is 0.287 e. The van der Waals surface area contributed by atoms with Crippen LogP contribution in [0.1, 0.15) is 30.2 Å². The number of hydrogen-bond acceptors (Lipinski definition) is 4. The summed E-state index contributed by atoms with van der Waals surface area (Å²) in [4.78, 5) is 11.6. The molecule has 0 aliphatic rings. The summed E-state index contributed by atoms with van der Waals surface area (Å²) in [5, 5.41) is 11.6. The van der Waals surface area contributed by atoms with Gasteiger partial charge in [0.25, 0.3) is 5.91 Å². The van der Waals surface area contributed by atoms with E-state index in [1.165, 1.54) is 0 Å². The molecule has 0 spiro atoms. The van der Waals surface area contributed by atoms with Crippen LogP contribution in [0.25, 0.3) is 0 Å². The number of hydrogen-bond donors (Lipinski definition) is 3. The van der Waals surface area contributed by atoms with Crippen LogP contribution in [0.2, 0.25) is 0 Å². The number of aliphatic hydroxyl groups is 1. The molecule has 0 aliphatic heterocycles. The minimum atomic E-state index is -0.660. The third-order valence-corrected chi connectivity index (χ3v) is 1.93. The van der Waals surface area contributed by atoms with E-state index >= 15 is 0 Å². The average molecular weight is 212 g/mol. The van der Waals surface area contributed by atoms with E-state index in [0.29, 0.717) is 5.76 Å². The van der Waals surface area contributed by atoms with Gasteiger partial charge in [-0.25, -0.2) is 0 Å². The van der Waals surface area contributed by atoms with Crippen LogP contribution in [0.3, 0.4) is 0 Å². The molecular weight excluding hydrogens is 196 g/mol. The third-order valence-electron chi connectivity index (χ3n) is 1.93. The van der Waals surface area contributed by atoms with Crippen molar-refractivity contribution >= 4 is 5.91 Å². The summed E-state index contributed by atoms with van der Waals surface area (Å²) < 4.78 is 5.17. The van der Waals surface area contributed by atoms with Crippen LogP contribution < -0.4 is 11.1 Å². The quantitative estimate of drug-likeness (QED) is 0.667. The molecule has 1 aromatic heterocycles. The molecule has 1 aromatic rings. The lowest BCUT2D eigenvalue weighted by molar-refractivity contribution is 0.0839. The van der Waals surface area contributed by atoms with Crippen molar-refractivity contribution in [1.82, 2.24) is 5.32 Å². The normalized spacial score (nSPS) is 11.5. The molecule has 1 amide bonds. The van der Waals surface area contributed by atoms with E-state index in [1.54, 1.807) is 26.0 Å². The molecule has 1 rings (SSSR count). The molecule has 15 heavy (non-hydrogen) atoms. The van der Waals surface area contributed by atoms with Crippen molar-refractivity contribution in [3.8, 4) is 0 Å². The molecule has 5 heteroatoms. The van der Waals surface area contributed by atoms with Crippen LogP contribution in [0.5, 0.6) is 0 Å². The summed E-state index contributed by atoms with van der Waals surface area (Å²) in [5.41, 5.74) is 4.69. The summed E-state index contributed by atoms with van der Waals surface area (Å²) in [6.45, 7) is 3.56. The average Bonchev–Trinajstić information content (AvgIpc) is 2.65. The summed E-state index contributed by atoms with van der Waals surface area (Å²) in [7, 11) is 0. The highest BCUT2D eigenvalue weighted by atomic mass is 16.4. The Kier molecular flexibility index (Phi) is 3.49. The number of nitrogens with two attached hydrogens (primary N) is 1. The fourth-order valence-corrected chi connectivity index (χ4v) is 1.02. The van der Waals surface area contributed by atoms with E-state index < -0.39 is 5.54 Å². The predicted octanol–water partition coefficient (Wildman–Crippen LogP) is 0.239. The Labute approximate surface area is 88.3 Å². The van der Waals surface area contributed by atoms with Gasteiger partial charge in [0.05, 0.1) is 18.7 Å². The standard InChI is InChI=1S/C10H16N2O3/c1-10(2,6-13)12-9(14)8-4-3-7(5-11)15-8/h3-4,13H,5-6,11H2,1-2H3,(H,12,14). The van der Waals surface area contributed by atoms with E-state index in [0.717, 1.165) is 0 Å². The number of carbonyl (C=O) groups is 1. The first-order chi connectivity index (χ1) is 6.98. The second-order valence-corrected chi connectivity index (χ2v) is 3.97. The number of aliphatic hydroxyl groups excluding tert-OH is 1. The highest BCUT2D eigenvalue weighted by Gasteiger charge is 2.21. The zero-order chi connectivity index (χ0) is 11.5. The highest BCUT2D eigenvalue weighted by molar-refractivity contribution is 5.91. The van der Waals surface area contributed by atoms with Crippen molar-refractivity contribution in [2.75, 3.05) is 6.61 Å². The highest BCUT2D eigenvalue weighted by Crippen LogP contribution is 2.09. The van der Waals surface area contributed by atoms with Gasteiger partial charge in [0.15, 0.2) is 5.76 Å². The van der Waals surface area contributed by atoms with Gasteiger partial charge in [-0.15, -0.1) is 0 Å². The van der Waals surface area contributed by atoms with Gasteiger partial charge in [-0.05, 0) is 26.0 Å². The van der Waals surface area contributed by atoms with Crippen LogP contribution in [-0.2, 0) is 6.54 Å². The molecule has 5 nitrogen and oxygen atoms in total. The molecule has 0 aromatic carbocycles. The smallest absolute Gasteiger partial charge is 0.287 e. The Balaban J connectivity index is 2.69. The molecule has 1 heterocycles. The van der Waals surface area contributed by atoms with Crippen LogP contribution in [0, 0.1) is 0 Å². The molecule has 0 aliphatic carbocycles. The molecule has 84 valence electrons. The monoisotopic (exact) mass is 212 g/mol. The minimum absolute atomic E-state index is 0.136. The molecule has 0 unspecified atom stereocenters. The zero-order valence-corrected chi connectivity index (χ0v) is 8.91. The van der Waals surface area contributed by atoms with Crippen LogP contribution in [0.15, 0.2) is 16.5 Å². The van der Waals surface area contributed by atoms with E-state index in [4.69, 9.17) is 15.3 Å². The maximum atomic E-state index is 11.6. The number of amides is 1. The van der Waals surface area contributed by atoms with Gasteiger partial charge in [-0.2, -0.15) is 0 Å². The van der Waals surface area contributed by atoms with Crippen LogP contribution in [-0.4, -0.2) is 23.2 Å². The van der Waals surface area contributed by atoms with E-state index in [-0.39, 0.29) is 24.8 Å². The number of furan rings is 1. The lowest BCUT2D eigenvalue weighted by Gasteiger charge is -2.22. The first-order valence-electron chi connectivity index (χ1n) is 4.70.